The Balaban J connectivity index is 1.98. The number of hydrogen-bond acceptors (Lipinski definition) is 4. The fourth-order valence-corrected chi connectivity index (χ4v) is 3.28. The molecule has 0 aliphatic carbocycles. The Labute approximate surface area is 111 Å². The van der Waals surface area contributed by atoms with Gasteiger partial charge in [-0.1, -0.05) is 0 Å². The Morgan fingerprint density at radius 1 is 1.05 bits per heavy atom. The molecular formula is C15H13N3O. The maximum atomic E-state index is 11.6. The number of nitrogens with zero attached hydrogens (tertiary/aromatic N) is 3. The highest BCUT2D eigenvalue weighted by Gasteiger charge is 2.40. The monoisotopic (exact) mass is 251 g/mol. The number of hydrogen-bond donors (Lipinski definition) is 0. The summed E-state index contributed by atoms with van der Waals surface area (Å²) in [5.41, 5.74) is 1.79. The summed E-state index contributed by atoms with van der Waals surface area (Å²) in [7, 11) is 0. The third-order valence-corrected chi connectivity index (χ3v) is 4.09. The van der Waals surface area contributed by atoms with Crippen LogP contribution in [0.2, 0.25) is 0 Å². The van der Waals surface area contributed by atoms with Crippen LogP contribution in [0.5, 0.6) is 0 Å². The molecule has 0 aromatic heterocycles. The van der Waals surface area contributed by atoms with E-state index < -0.39 is 0 Å². The summed E-state index contributed by atoms with van der Waals surface area (Å²) in [6.45, 7) is 0. The minimum absolute atomic E-state index is 0.269. The van der Waals surface area contributed by atoms with Gasteiger partial charge in [0.25, 0.3) is 0 Å². The molecule has 0 radical (unpaired) electrons. The molecule has 0 spiro atoms. The predicted molar refractivity (Wildman–Crippen MR) is 69.4 cm³/mol. The van der Waals surface area contributed by atoms with E-state index in [0.717, 1.165) is 18.5 Å². The van der Waals surface area contributed by atoms with Crippen molar-refractivity contribution in [1.29, 1.82) is 10.5 Å². The second kappa shape index (κ2) is 4.40. The van der Waals surface area contributed by atoms with E-state index in [4.69, 9.17) is 10.5 Å². The molecule has 2 saturated heterocycles. The van der Waals surface area contributed by atoms with E-state index in [1.165, 1.54) is 0 Å². The SMILES string of the molecule is N#Cc1ccc(N2C3CCC2CC(=O)C3)cc1C#N. The van der Waals surface area contributed by atoms with Gasteiger partial charge in [0.15, 0.2) is 0 Å². The minimum Gasteiger partial charge on any atom is -0.365 e. The minimum atomic E-state index is 0.269. The van der Waals surface area contributed by atoms with Crippen molar-refractivity contribution in [3.8, 4) is 12.1 Å². The average molecular weight is 251 g/mol. The first-order valence-electron chi connectivity index (χ1n) is 6.47. The summed E-state index contributed by atoms with van der Waals surface area (Å²) in [5, 5.41) is 18.0. The maximum absolute atomic E-state index is 11.6. The lowest BCUT2D eigenvalue weighted by Crippen LogP contribution is -2.43. The standard InChI is InChI=1S/C15H13N3O/c16-8-10-1-2-12(5-11(10)9-17)18-13-3-4-14(18)7-15(19)6-13/h1-2,5,13-14H,3-4,6-7H2. The molecule has 2 atom stereocenters. The van der Waals surface area contributed by atoms with Gasteiger partial charge in [0.1, 0.15) is 17.9 Å². The summed E-state index contributed by atoms with van der Waals surface area (Å²) in [5.74, 6) is 0.345. The molecule has 3 rings (SSSR count). The molecule has 2 fully saturated rings. The molecule has 1 aromatic carbocycles. The van der Waals surface area contributed by atoms with Gasteiger partial charge in [0.05, 0.1) is 11.1 Å². The summed E-state index contributed by atoms with van der Waals surface area (Å²) < 4.78 is 0. The number of carbonyl (C=O) groups excluding carboxylic acids is 1. The van der Waals surface area contributed by atoms with Gasteiger partial charge in [-0.3, -0.25) is 4.79 Å². The lowest BCUT2D eigenvalue weighted by Gasteiger charge is -2.36. The maximum Gasteiger partial charge on any atom is 0.137 e. The van der Waals surface area contributed by atoms with Gasteiger partial charge in [-0.2, -0.15) is 10.5 Å². The first-order valence-corrected chi connectivity index (χ1v) is 6.47. The van der Waals surface area contributed by atoms with Crippen LogP contribution in [0.15, 0.2) is 18.2 Å². The van der Waals surface area contributed by atoms with Gasteiger partial charge in [-0.25, -0.2) is 0 Å². The first kappa shape index (κ1) is 11.7. The third-order valence-electron chi connectivity index (χ3n) is 4.09. The largest absolute Gasteiger partial charge is 0.365 e. The van der Waals surface area contributed by atoms with Crippen LogP contribution in [-0.4, -0.2) is 17.9 Å². The Morgan fingerprint density at radius 3 is 2.26 bits per heavy atom. The highest BCUT2D eigenvalue weighted by molar-refractivity contribution is 5.83. The molecular weight excluding hydrogens is 238 g/mol. The van der Waals surface area contributed by atoms with E-state index in [1.807, 2.05) is 12.1 Å². The molecule has 4 nitrogen and oxygen atoms in total. The fourth-order valence-electron chi connectivity index (χ4n) is 3.28. The van der Waals surface area contributed by atoms with Crippen molar-refractivity contribution in [2.45, 2.75) is 37.8 Å². The zero-order valence-corrected chi connectivity index (χ0v) is 10.5. The van der Waals surface area contributed by atoms with Crippen LogP contribution in [0.1, 0.15) is 36.8 Å². The van der Waals surface area contributed by atoms with Crippen molar-refractivity contribution in [2.75, 3.05) is 4.90 Å². The van der Waals surface area contributed by atoms with Crippen LogP contribution in [0.25, 0.3) is 0 Å². The van der Waals surface area contributed by atoms with Crippen LogP contribution in [0.4, 0.5) is 5.69 Å². The number of benzene rings is 1. The number of piperidine rings is 1. The summed E-state index contributed by atoms with van der Waals surface area (Å²) in [6.07, 6.45) is 3.30. The molecule has 0 amide bonds. The van der Waals surface area contributed by atoms with Crippen molar-refractivity contribution < 1.29 is 4.79 Å². The first-order chi connectivity index (χ1) is 9.22. The van der Waals surface area contributed by atoms with Crippen LogP contribution in [0.3, 0.4) is 0 Å². The molecule has 0 N–H and O–H groups in total. The fraction of sp³-hybridized carbons (Fsp3) is 0.400. The van der Waals surface area contributed by atoms with Crippen LogP contribution >= 0.6 is 0 Å². The van der Waals surface area contributed by atoms with Crippen LogP contribution in [-0.2, 0) is 4.79 Å². The van der Waals surface area contributed by atoms with E-state index in [0.29, 0.717) is 29.8 Å². The third kappa shape index (κ3) is 1.86. The smallest absolute Gasteiger partial charge is 0.137 e. The molecule has 0 saturated carbocycles. The summed E-state index contributed by atoms with van der Waals surface area (Å²) in [6, 6.07) is 10.00. The number of anilines is 1. The molecule has 94 valence electrons. The van der Waals surface area contributed by atoms with Gasteiger partial charge < -0.3 is 4.90 Å². The Bertz CT molecular complexity index is 607. The van der Waals surface area contributed by atoms with Crippen LogP contribution in [0, 0.1) is 22.7 Å². The van der Waals surface area contributed by atoms with E-state index in [2.05, 4.69) is 11.0 Å². The molecule has 1 aromatic rings. The highest BCUT2D eigenvalue weighted by Crippen LogP contribution is 2.38. The lowest BCUT2D eigenvalue weighted by atomic mass is 9.99. The Kier molecular flexibility index (Phi) is 2.72. The number of Topliss-reactive ketones (excluding diaryl/α,β-unsaturated/α-hetero) is 1. The molecule has 2 unspecified atom stereocenters. The molecule has 2 heterocycles. The second-order valence-electron chi connectivity index (χ2n) is 5.19. The summed E-state index contributed by atoms with van der Waals surface area (Å²) in [4.78, 5) is 13.9. The van der Waals surface area contributed by atoms with Crippen LogP contribution < -0.4 is 4.90 Å². The molecule has 2 aliphatic rings. The topological polar surface area (TPSA) is 67.9 Å². The van der Waals surface area contributed by atoms with Gasteiger partial charge >= 0.3 is 0 Å². The molecule has 2 bridgehead atoms. The number of nitriles is 2. The van der Waals surface area contributed by atoms with E-state index in [-0.39, 0.29) is 12.1 Å². The second-order valence-corrected chi connectivity index (χ2v) is 5.19. The van der Waals surface area contributed by atoms with Crippen molar-refractivity contribution >= 4 is 11.5 Å². The van der Waals surface area contributed by atoms with Gasteiger partial charge in [0, 0.05) is 30.6 Å². The number of ketones is 1. The van der Waals surface area contributed by atoms with E-state index >= 15 is 0 Å². The van der Waals surface area contributed by atoms with E-state index in [1.54, 1.807) is 12.1 Å². The normalized spacial score (nSPS) is 24.9. The number of carbonyl (C=O) groups is 1. The van der Waals surface area contributed by atoms with Gasteiger partial charge in [-0.15, -0.1) is 0 Å². The number of rotatable bonds is 1. The van der Waals surface area contributed by atoms with Crippen molar-refractivity contribution in [2.24, 2.45) is 0 Å². The predicted octanol–water partition coefficient (Wildman–Crippen LogP) is 2.13. The van der Waals surface area contributed by atoms with Gasteiger partial charge in [-0.05, 0) is 31.0 Å². The van der Waals surface area contributed by atoms with Crippen molar-refractivity contribution in [1.82, 2.24) is 0 Å². The zero-order chi connectivity index (χ0) is 13.4. The van der Waals surface area contributed by atoms with Gasteiger partial charge in [0.2, 0.25) is 0 Å². The number of fused-ring (bicyclic) bond motifs is 2. The van der Waals surface area contributed by atoms with E-state index in [9.17, 15) is 4.79 Å². The zero-order valence-electron chi connectivity index (χ0n) is 10.5. The highest BCUT2D eigenvalue weighted by atomic mass is 16.1. The van der Waals surface area contributed by atoms with Crippen molar-refractivity contribution in [3.05, 3.63) is 29.3 Å². The lowest BCUT2D eigenvalue weighted by molar-refractivity contribution is -0.120. The Hall–Kier alpha value is -2.33. The molecule has 4 heteroatoms. The average Bonchev–Trinajstić information content (AvgIpc) is 2.70. The quantitative estimate of drug-likeness (QED) is 0.766. The summed E-state index contributed by atoms with van der Waals surface area (Å²) >= 11 is 0. The molecule has 19 heavy (non-hydrogen) atoms. The molecule has 2 aliphatic heterocycles. The van der Waals surface area contributed by atoms with Crippen molar-refractivity contribution in [3.63, 3.8) is 0 Å². The Morgan fingerprint density at radius 2 is 1.68 bits per heavy atom.